The van der Waals surface area contributed by atoms with Gasteiger partial charge in [-0.2, -0.15) is 0 Å². The Morgan fingerprint density at radius 2 is 1.92 bits per heavy atom. The number of aryl methyl sites for hydroxylation is 1. The number of morpholine rings is 1. The smallest absolute Gasteiger partial charge is 0.253 e. The summed E-state index contributed by atoms with van der Waals surface area (Å²) < 4.78 is 19.2. The maximum atomic E-state index is 13.7. The summed E-state index contributed by atoms with van der Waals surface area (Å²) in [4.78, 5) is 16.5. The van der Waals surface area contributed by atoms with Crippen molar-refractivity contribution in [1.29, 1.82) is 0 Å². The van der Waals surface area contributed by atoms with Crippen molar-refractivity contribution in [2.75, 3.05) is 38.3 Å². The van der Waals surface area contributed by atoms with Gasteiger partial charge in [0.05, 0.1) is 13.2 Å². The third kappa shape index (κ3) is 3.99. The van der Waals surface area contributed by atoms with E-state index < -0.39 is 0 Å². The van der Waals surface area contributed by atoms with Gasteiger partial charge in [0.15, 0.2) is 0 Å². The zero-order valence-corrected chi connectivity index (χ0v) is 14.7. The molecule has 1 aliphatic heterocycles. The van der Waals surface area contributed by atoms with Crippen LogP contribution >= 0.6 is 0 Å². The van der Waals surface area contributed by atoms with E-state index in [0.29, 0.717) is 30.9 Å². The van der Waals surface area contributed by atoms with Gasteiger partial charge in [0.2, 0.25) is 0 Å². The molecule has 2 aromatic rings. The van der Waals surface area contributed by atoms with Gasteiger partial charge < -0.3 is 14.5 Å². The largest absolute Gasteiger partial charge is 0.378 e. The molecule has 0 unspecified atom stereocenters. The summed E-state index contributed by atoms with van der Waals surface area (Å²) in [5.74, 6) is -0.538. The van der Waals surface area contributed by atoms with E-state index in [4.69, 9.17) is 4.74 Å². The van der Waals surface area contributed by atoms with Gasteiger partial charge in [0, 0.05) is 37.9 Å². The number of amides is 1. The Hall–Kier alpha value is -2.40. The normalized spacial score (nSPS) is 14.4. The van der Waals surface area contributed by atoms with Gasteiger partial charge in [-0.15, -0.1) is 0 Å². The van der Waals surface area contributed by atoms with E-state index in [-0.39, 0.29) is 11.7 Å². The summed E-state index contributed by atoms with van der Waals surface area (Å²) in [5.41, 5.74) is 3.11. The standard InChI is InChI=1S/C20H23FN2O2/c1-15-7-8-16(13-18(15)21)20(24)22(2)14-17-5-3-4-6-19(17)23-9-11-25-12-10-23/h3-8,13H,9-12,14H2,1-2H3. The van der Waals surface area contributed by atoms with Gasteiger partial charge in [-0.3, -0.25) is 4.79 Å². The highest BCUT2D eigenvalue weighted by atomic mass is 19.1. The molecule has 25 heavy (non-hydrogen) atoms. The predicted octanol–water partition coefficient (Wildman–Crippen LogP) is 3.24. The summed E-state index contributed by atoms with van der Waals surface area (Å²) in [6.07, 6.45) is 0. The molecule has 5 heteroatoms. The number of anilines is 1. The maximum absolute atomic E-state index is 13.7. The zero-order chi connectivity index (χ0) is 17.8. The van der Waals surface area contributed by atoms with Crippen molar-refractivity contribution in [3.63, 3.8) is 0 Å². The van der Waals surface area contributed by atoms with Crippen LogP contribution in [0.1, 0.15) is 21.5 Å². The third-order valence-electron chi connectivity index (χ3n) is 4.52. The summed E-state index contributed by atoms with van der Waals surface area (Å²) in [5, 5.41) is 0. The minimum absolute atomic E-state index is 0.185. The van der Waals surface area contributed by atoms with Crippen LogP contribution in [-0.4, -0.2) is 44.2 Å². The van der Waals surface area contributed by atoms with Crippen LogP contribution in [0.4, 0.5) is 10.1 Å². The van der Waals surface area contributed by atoms with Crippen LogP contribution in [0, 0.1) is 12.7 Å². The van der Waals surface area contributed by atoms with Crippen LogP contribution in [0.15, 0.2) is 42.5 Å². The second-order valence-electron chi connectivity index (χ2n) is 6.35. The molecule has 0 atom stereocenters. The van der Waals surface area contributed by atoms with Gasteiger partial charge >= 0.3 is 0 Å². The minimum atomic E-state index is -0.354. The summed E-state index contributed by atoms with van der Waals surface area (Å²) in [7, 11) is 1.75. The van der Waals surface area contributed by atoms with Gasteiger partial charge in [-0.1, -0.05) is 24.3 Å². The van der Waals surface area contributed by atoms with Crippen molar-refractivity contribution < 1.29 is 13.9 Å². The number of rotatable bonds is 4. The number of carbonyl (C=O) groups excluding carboxylic acids is 1. The summed E-state index contributed by atoms with van der Waals surface area (Å²) >= 11 is 0. The molecule has 3 rings (SSSR count). The van der Waals surface area contributed by atoms with Gasteiger partial charge in [0.1, 0.15) is 5.82 Å². The Kier molecular flexibility index (Phi) is 5.34. The number of benzene rings is 2. The topological polar surface area (TPSA) is 32.8 Å². The molecule has 4 nitrogen and oxygen atoms in total. The Bertz CT molecular complexity index is 757. The molecule has 132 valence electrons. The minimum Gasteiger partial charge on any atom is -0.378 e. The van der Waals surface area contributed by atoms with Crippen molar-refractivity contribution in [2.45, 2.75) is 13.5 Å². The number of para-hydroxylation sites is 1. The second kappa shape index (κ2) is 7.66. The molecule has 1 heterocycles. The fourth-order valence-corrected chi connectivity index (χ4v) is 3.03. The number of hydrogen-bond acceptors (Lipinski definition) is 3. The molecule has 0 aliphatic carbocycles. The van der Waals surface area contributed by atoms with E-state index in [1.165, 1.54) is 6.07 Å². The summed E-state index contributed by atoms with van der Waals surface area (Å²) in [6.45, 7) is 5.28. The van der Waals surface area contributed by atoms with Gasteiger partial charge in [-0.25, -0.2) is 4.39 Å². The van der Waals surface area contributed by atoms with Crippen LogP contribution in [0.5, 0.6) is 0 Å². The van der Waals surface area contributed by atoms with Gasteiger partial charge in [0.25, 0.3) is 5.91 Å². The molecule has 0 saturated carbocycles. The Labute approximate surface area is 147 Å². The quantitative estimate of drug-likeness (QED) is 0.855. The van der Waals surface area contributed by atoms with Crippen molar-refractivity contribution in [3.8, 4) is 0 Å². The first-order valence-corrected chi connectivity index (χ1v) is 8.48. The summed E-state index contributed by atoms with van der Waals surface area (Å²) in [6, 6.07) is 12.7. The Balaban J connectivity index is 1.77. The van der Waals surface area contributed by atoms with Crippen molar-refractivity contribution >= 4 is 11.6 Å². The molecule has 0 N–H and O–H groups in total. The van der Waals surface area contributed by atoms with E-state index >= 15 is 0 Å². The molecule has 1 saturated heterocycles. The SMILES string of the molecule is Cc1ccc(C(=O)N(C)Cc2ccccc2N2CCOCC2)cc1F. The number of halogens is 1. The number of nitrogens with zero attached hydrogens (tertiary/aromatic N) is 2. The van der Waals surface area contributed by atoms with Crippen molar-refractivity contribution in [2.24, 2.45) is 0 Å². The van der Waals surface area contributed by atoms with E-state index in [1.807, 2.05) is 18.2 Å². The highest BCUT2D eigenvalue weighted by Gasteiger charge is 2.18. The molecule has 2 aromatic carbocycles. The molecule has 0 radical (unpaired) electrons. The van der Waals surface area contributed by atoms with Gasteiger partial charge in [-0.05, 0) is 36.2 Å². The molecule has 1 aliphatic rings. The van der Waals surface area contributed by atoms with Crippen molar-refractivity contribution in [3.05, 3.63) is 65.0 Å². The highest BCUT2D eigenvalue weighted by molar-refractivity contribution is 5.94. The van der Waals surface area contributed by atoms with E-state index in [1.54, 1.807) is 31.0 Å². The monoisotopic (exact) mass is 342 g/mol. The highest BCUT2D eigenvalue weighted by Crippen LogP contribution is 2.23. The first-order chi connectivity index (χ1) is 12.1. The average Bonchev–Trinajstić information content (AvgIpc) is 2.64. The lowest BCUT2D eigenvalue weighted by Crippen LogP contribution is -2.37. The molecular formula is C20H23FN2O2. The van der Waals surface area contributed by atoms with E-state index in [0.717, 1.165) is 24.3 Å². The molecular weight excluding hydrogens is 319 g/mol. The number of hydrogen-bond donors (Lipinski definition) is 0. The maximum Gasteiger partial charge on any atom is 0.253 e. The lowest BCUT2D eigenvalue weighted by molar-refractivity contribution is 0.0784. The molecule has 1 amide bonds. The van der Waals surface area contributed by atoms with Crippen LogP contribution in [0.3, 0.4) is 0 Å². The van der Waals surface area contributed by atoms with E-state index in [2.05, 4.69) is 11.0 Å². The first kappa shape index (κ1) is 17.4. The molecule has 0 aromatic heterocycles. The second-order valence-corrected chi connectivity index (χ2v) is 6.35. The van der Waals surface area contributed by atoms with Crippen LogP contribution < -0.4 is 4.90 Å². The molecule has 1 fully saturated rings. The fourth-order valence-electron chi connectivity index (χ4n) is 3.03. The first-order valence-electron chi connectivity index (χ1n) is 8.48. The lowest BCUT2D eigenvalue weighted by Gasteiger charge is -2.31. The van der Waals surface area contributed by atoms with Crippen LogP contribution in [0.2, 0.25) is 0 Å². The predicted molar refractivity (Wildman–Crippen MR) is 96.4 cm³/mol. The van der Waals surface area contributed by atoms with E-state index in [9.17, 15) is 9.18 Å². The number of carbonyl (C=O) groups is 1. The van der Waals surface area contributed by atoms with Crippen molar-refractivity contribution in [1.82, 2.24) is 4.90 Å². The fraction of sp³-hybridized carbons (Fsp3) is 0.350. The number of ether oxygens (including phenoxy) is 1. The molecule has 0 spiro atoms. The zero-order valence-electron chi connectivity index (χ0n) is 14.7. The third-order valence-corrected chi connectivity index (χ3v) is 4.52. The Morgan fingerprint density at radius 3 is 2.64 bits per heavy atom. The molecule has 0 bridgehead atoms. The average molecular weight is 342 g/mol. The Morgan fingerprint density at radius 1 is 1.20 bits per heavy atom. The van der Waals surface area contributed by atoms with Crippen LogP contribution in [0.25, 0.3) is 0 Å². The lowest BCUT2D eigenvalue weighted by atomic mass is 10.1. The van der Waals surface area contributed by atoms with Crippen LogP contribution in [-0.2, 0) is 11.3 Å².